The van der Waals surface area contributed by atoms with Crippen molar-refractivity contribution in [3.05, 3.63) is 24.0 Å². The van der Waals surface area contributed by atoms with Gasteiger partial charge in [-0.1, -0.05) is 6.92 Å². The molecule has 0 aliphatic carbocycles. The first kappa shape index (κ1) is 16.0. The van der Waals surface area contributed by atoms with Crippen LogP contribution in [-0.2, 0) is 10.0 Å². The second-order valence-electron chi connectivity index (χ2n) is 4.00. The first-order valence-corrected chi connectivity index (χ1v) is 8.59. The van der Waals surface area contributed by atoms with Gasteiger partial charge in [0.25, 0.3) is 0 Å². The van der Waals surface area contributed by atoms with Gasteiger partial charge in [0.15, 0.2) is 0 Å². The van der Waals surface area contributed by atoms with E-state index in [0.717, 1.165) is 17.9 Å². The molecule has 1 atom stereocenters. The molecule has 7 heteroatoms. The summed E-state index contributed by atoms with van der Waals surface area (Å²) in [6.45, 7) is 3.91. The quantitative estimate of drug-likeness (QED) is 0.776. The SMILES string of the molecule is CCSCCC(C)NS(=O)(=O)c1ccc(C#N)nc1. The Labute approximate surface area is 118 Å². The molecule has 0 spiro atoms. The zero-order valence-electron chi connectivity index (χ0n) is 11.0. The van der Waals surface area contributed by atoms with E-state index in [2.05, 4.69) is 16.6 Å². The van der Waals surface area contributed by atoms with Crippen molar-refractivity contribution in [2.75, 3.05) is 11.5 Å². The number of hydrogen-bond donors (Lipinski definition) is 1. The number of aromatic nitrogens is 1. The van der Waals surface area contributed by atoms with E-state index in [1.807, 2.05) is 13.0 Å². The highest BCUT2D eigenvalue weighted by molar-refractivity contribution is 7.99. The van der Waals surface area contributed by atoms with Gasteiger partial charge < -0.3 is 0 Å². The number of thioether (sulfide) groups is 1. The molecule has 0 saturated carbocycles. The Balaban J connectivity index is 2.67. The van der Waals surface area contributed by atoms with E-state index in [4.69, 9.17) is 5.26 Å². The fourth-order valence-corrected chi connectivity index (χ4v) is 3.43. The summed E-state index contributed by atoms with van der Waals surface area (Å²) >= 11 is 1.78. The lowest BCUT2D eigenvalue weighted by atomic mass is 10.3. The zero-order chi connectivity index (χ0) is 14.3. The first-order chi connectivity index (χ1) is 8.99. The standard InChI is InChI=1S/C12H17N3O2S2/c1-3-18-7-6-10(2)15-19(16,17)12-5-4-11(8-13)14-9-12/h4-5,9-10,15H,3,6-7H2,1-2H3. The van der Waals surface area contributed by atoms with Crippen molar-refractivity contribution < 1.29 is 8.42 Å². The second kappa shape index (κ2) is 7.48. The van der Waals surface area contributed by atoms with Crippen molar-refractivity contribution in [3.63, 3.8) is 0 Å². The average Bonchev–Trinajstić information content (AvgIpc) is 2.38. The van der Waals surface area contributed by atoms with E-state index in [1.54, 1.807) is 11.8 Å². The van der Waals surface area contributed by atoms with Crippen LogP contribution in [0.1, 0.15) is 26.0 Å². The Hall–Kier alpha value is -1.10. The molecule has 0 aliphatic rings. The third kappa shape index (κ3) is 5.19. The van der Waals surface area contributed by atoms with Crippen molar-refractivity contribution in [2.24, 2.45) is 0 Å². The van der Waals surface area contributed by atoms with Gasteiger partial charge in [-0.05, 0) is 37.0 Å². The number of nitrogens with zero attached hydrogens (tertiary/aromatic N) is 2. The van der Waals surface area contributed by atoms with Gasteiger partial charge in [-0.2, -0.15) is 17.0 Å². The van der Waals surface area contributed by atoms with Crippen LogP contribution in [0.5, 0.6) is 0 Å². The molecule has 1 rings (SSSR count). The summed E-state index contributed by atoms with van der Waals surface area (Å²) in [6, 6.07) is 4.51. The molecule has 5 nitrogen and oxygen atoms in total. The van der Waals surface area contributed by atoms with E-state index in [-0.39, 0.29) is 16.6 Å². The summed E-state index contributed by atoms with van der Waals surface area (Å²) in [6.07, 6.45) is 1.98. The summed E-state index contributed by atoms with van der Waals surface area (Å²) in [5.41, 5.74) is 0.200. The smallest absolute Gasteiger partial charge is 0.242 e. The van der Waals surface area contributed by atoms with Crippen LogP contribution in [0, 0.1) is 11.3 Å². The van der Waals surface area contributed by atoms with Gasteiger partial charge in [-0.15, -0.1) is 0 Å². The molecule has 104 valence electrons. The van der Waals surface area contributed by atoms with Crippen LogP contribution in [0.15, 0.2) is 23.2 Å². The molecule has 0 amide bonds. The molecule has 1 heterocycles. The molecule has 0 aromatic carbocycles. The van der Waals surface area contributed by atoms with Gasteiger partial charge in [0, 0.05) is 12.2 Å². The lowest BCUT2D eigenvalue weighted by Gasteiger charge is -2.13. The Morgan fingerprint density at radius 1 is 1.53 bits per heavy atom. The molecule has 1 N–H and O–H groups in total. The van der Waals surface area contributed by atoms with E-state index in [9.17, 15) is 8.42 Å². The number of nitrogens with one attached hydrogen (secondary N) is 1. The molecule has 1 unspecified atom stereocenters. The Kier molecular flexibility index (Phi) is 6.28. The van der Waals surface area contributed by atoms with Crippen molar-refractivity contribution in [2.45, 2.75) is 31.2 Å². The van der Waals surface area contributed by atoms with Crippen LogP contribution in [0.3, 0.4) is 0 Å². The maximum absolute atomic E-state index is 12.0. The van der Waals surface area contributed by atoms with Crippen LogP contribution < -0.4 is 4.72 Å². The molecular formula is C12H17N3O2S2. The van der Waals surface area contributed by atoms with Gasteiger partial charge in [-0.25, -0.2) is 18.1 Å². The summed E-state index contributed by atoms with van der Waals surface area (Å²) in [7, 11) is -3.55. The van der Waals surface area contributed by atoms with Crippen LogP contribution in [0.2, 0.25) is 0 Å². The normalized spacial score (nSPS) is 12.9. The first-order valence-electron chi connectivity index (χ1n) is 5.96. The molecule has 0 saturated heterocycles. The maximum atomic E-state index is 12.0. The van der Waals surface area contributed by atoms with Crippen LogP contribution in [-0.4, -0.2) is 30.9 Å². The highest BCUT2D eigenvalue weighted by atomic mass is 32.2. The molecule has 0 aliphatic heterocycles. The summed E-state index contributed by atoms with van der Waals surface area (Å²) in [5.74, 6) is 1.95. The molecule has 19 heavy (non-hydrogen) atoms. The van der Waals surface area contributed by atoms with E-state index in [0.29, 0.717) is 0 Å². The molecule has 0 bridgehead atoms. The van der Waals surface area contributed by atoms with Crippen LogP contribution in [0.4, 0.5) is 0 Å². The minimum atomic E-state index is -3.55. The third-order valence-electron chi connectivity index (χ3n) is 2.42. The van der Waals surface area contributed by atoms with Crippen LogP contribution in [0.25, 0.3) is 0 Å². The number of hydrogen-bond acceptors (Lipinski definition) is 5. The number of pyridine rings is 1. The maximum Gasteiger partial charge on any atom is 0.242 e. The van der Waals surface area contributed by atoms with Gasteiger partial charge in [-0.3, -0.25) is 0 Å². The van der Waals surface area contributed by atoms with Gasteiger partial charge >= 0.3 is 0 Å². The zero-order valence-corrected chi connectivity index (χ0v) is 12.6. The molecular weight excluding hydrogens is 282 g/mol. The van der Waals surface area contributed by atoms with Crippen molar-refractivity contribution in [1.82, 2.24) is 9.71 Å². The van der Waals surface area contributed by atoms with E-state index >= 15 is 0 Å². The molecule has 0 radical (unpaired) electrons. The highest BCUT2D eigenvalue weighted by Crippen LogP contribution is 2.10. The number of nitriles is 1. The van der Waals surface area contributed by atoms with Crippen molar-refractivity contribution in [3.8, 4) is 6.07 Å². The van der Waals surface area contributed by atoms with E-state index < -0.39 is 10.0 Å². The topological polar surface area (TPSA) is 82.9 Å². The van der Waals surface area contributed by atoms with Gasteiger partial charge in [0.05, 0.1) is 0 Å². The third-order valence-corrected chi connectivity index (χ3v) is 4.92. The highest BCUT2D eigenvalue weighted by Gasteiger charge is 2.17. The predicted octanol–water partition coefficient (Wildman–Crippen LogP) is 1.76. The average molecular weight is 299 g/mol. The van der Waals surface area contributed by atoms with Crippen LogP contribution >= 0.6 is 11.8 Å². The molecule has 1 aromatic heterocycles. The lowest BCUT2D eigenvalue weighted by molar-refractivity contribution is 0.556. The summed E-state index contributed by atoms with van der Waals surface area (Å²) < 4.78 is 26.7. The molecule has 0 fully saturated rings. The fraction of sp³-hybridized carbons (Fsp3) is 0.500. The fourth-order valence-electron chi connectivity index (χ4n) is 1.40. The number of rotatable bonds is 7. The number of sulfonamides is 1. The minimum absolute atomic E-state index is 0.0847. The Bertz CT molecular complexity index is 535. The van der Waals surface area contributed by atoms with Crippen molar-refractivity contribution >= 4 is 21.8 Å². The summed E-state index contributed by atoms with van der Waals surface area (Å²) in [4.78, 5) is 3.85. The predicted molar refractivity (Wildman–Crippen MR) is 76.4 cm³/mol. The largest absolute Gasteiger partial charge is 0.244 e. The van der Waals surface area contributed by atoms with Crippen molar-refractivity contribution in [1.29, 1.82) is 5.26 Å². The van der Waals surface area contributed by atoms with Gasteiger partial charge in [0.1, 0.15) is 16.7 Å². The monoisotopic (exact) mass is 299 g/mol. The Morgan fingerprint density at radius 2 is 2.26 bits per heavy atom. The lowest BCUT2D eigenvalue weighted by Crippen LogP contribution is -2.33. The second-order valence-corrected chi connectivity index (χ2v) is 7.11. The summed E-state index contributed by atoms with van der Waals surface area (Å²) in [5, 5.41) is 8.62. The van der Waals surface area contributed by atoms with Gasteiger partial charge in [0.2, 0.25) is 10.0 Å². The Morgan fingerprint density at radius 3 is 2.79 bits per heavy atom. The molecule has 1 aromatic rings. The van der Waals surface area contributed by atoms with E-state index in [1.165, 1.54) is 18.3 Å². The minimum Gasteiger partial charge on any atom is -0.244 e.